The van der Waals surface area contributed by atoms with E-state index >= 15 is 0 Å². The first-order valence-corrected chi connectivity index (χ1v) is 10.6. The van der Waals surface area contributed by atoms with Gasteiger partial charge in [-0.05, 0) is 30.7 Å². The number of nitrogens with zero attached hydrogens (tertiary/aromatic N) is 4. The number of aromatic nitrogens is 3. The number of cyclic esters (lactones) is 1. The number of hydrogen-bond donors (Lipinski definition) is 0. The molecule has 2 fully saturated rings. The zero-order valence-corrected chi connectivity index (χ0v) is 17.7. The summed E-state index contributed by atoms with van der Waals surface area (Å²) >= 11 is 5.96. The Morgan fingerprint density at radius 1 is 1.26 bits per heavy atom. The van der Waals surface area contributed by atoms with E-state index in [0.29, 0.717) is 60.2 Å². The Kier molecular flexibility index (Phi) is 5.02. The highest BCUT2D eigenvalue weighted by atomic mass is 35.5. The van der Waals surface area contributed by atoms with Crippen molar-refractivity contribution < 1.29 is 14.3 Å². The molecule has 3 aromatic rings. The molecule has 4 heterocycles. The predicted octanol–water partition coefficient (Wildman–Crippen LogP) is 3.16. The molecule has 2 saturated heterocycles. The SMILES string of the molecule is Cc1nc2ncc(O[C@H]3CCN4C(=O)OC[C@@H]4C3)cc2c(=O)n1Cc1ccc(Cl)cc1. The smallest absolute Gasteiger partial charge is 0.410 e. The molecule has 0 saturated carbocycles. The van der Waals surface area contributed by atoms with Crippen LogP contribution < -0.4 is 10.3 Å². The molecule has 0 unspecified atom stereocenters. The number of rotatable bonds is 4. The quantitative estimate of drug-likeness (QED) is 0.619. The van der Waals surface area contributed by atoms with Crippen LogP contribution in [-0.2, 0) is 11.3 Å². The molecule has 0 bridgehead atoms. The van der Waals surface area contributed by atoms with E-state index in [9.17, 15) is 9.59 Å². The van der Waals surface area contributed by atoms with E-state index in [2.05, 4.69) is 9.97 Å². The number of halogens is 1. The summed E-state index contributed by atoms with van der Waals surface area (Å²) in [4.78, 5) is 35.5. The van der Waals surface area contributed by atoms with Crippen LogP contribution >= 0.6 is 11.6 Å². The number of carbonyl (C=O) groups is 1. The van der Waals surface area contributed by atoms with Gasteiger partial charge in [0.15, 0.2) is 5.65 Å². The molecule has 0 radical (unpaired) electrons. The van der Waals surface area contributed by atoms with Crippen LogP contribution in [-0.4, -0.2) is 50.8 Å². The number of piperidine rings is 1. The van der Waals surface area contributed by atoms with Crippen LogP contribution in [0.15, 0.2) is 41.3 Å². The molecule has 8 nitrogen and oxygen atoms in total. The van der Waals surface area contributed by atoms with Crippen molar-refractivity contribution >= 4 is 28.7 Å². The lowest BCUT2D eigenvalue weighted by Gasteiger charge is -2.32. The minimum Gasteiger partial charge on any atom is -0.489 e. The third-order valence-corrected chi connectivity index (χ3v) is 6.09. The molecule has 0 N–H and O–H groups in total. The second-order valence-corrected chi connectivity index (χ2v) is 8.34. The van der Waals surface area contributed by atoms with E-state index in [1.165, 1.54) is 0 Å². The van der Waals surface area contributed by atoms with Crippen molar-refractivity contribution in [2.45, 2.75) is 38.5 Å². The molecule has 2 aliphatic heterocycles. The van der Waals surface area contributed by atoms with Gasteiger partial charge in [-0.2, -0.15) is 0 Å². The highest BCUT2D eigenvalue weighted by molar-refractivity contribution is 6.30. The van der Waals surface area contributed by atoms with Gasteiger partial charge in [-0.15, -0.1) is 0 Å². The first-order chi connectivity index (χ1) is 15.0. The summed E-state index contributed by atoms with van der Waals surface area (Å²) in [7, 11) is 0. The maximum absolute atomic E-state index is 13.2. The summed E-state index contributed by atoms with van der Waals surface area (Å²) in [5, 5.41) is 1.06. The fourth-order valence-electron chi connectivity index (χ4n) is 4.18. The van der Waals surface area contributed by atoms with Crippen molar-refractivity contribution in [3.63, 3.8) is 0 Å². The number of fused-ring (bicyclic) bond motifs is 2. The highest BCUT2D eigenvalue weighted by Gasteiger charge is 2.38. The Morgan fingerprint density at radius 2 is 2.06 bits per heavy atom. The van der Waals surface area contributed by atoms with Crippen molar-refractivity contribution in [2.75, 3.05) is 13.2 Å². The van der Waals surface area contributed by atoms with Crippen LogP contribution in [0.5, 0.6) is 5.75 Å². The molecule has 2 aromatic heterocycles. The first kappa shape index (κ1) is 19.8. The number of pyridine rings is 1. The fourth-order valence-corrected chi connectivity index (χ4v) is 4.30. The van der Waals surface area contributed by atoms with Gasteiger partial charge in [0, 0.05) is 24.4 Å². The van der Waals surface area contributed by atoms with E-state index in [1.807, 2.05) is 12.1 Å². The van der Waals surface area contributed by atoms with Crippen molar-refractivity contribution in [3.8, 4) is 5.75 Å². The summed E-state index contributed by atoms with van der Waals surface area (Å²) in [5.74, 6) is 1.11. The third kappa shape index (κ3) is 3.83. The molecule has 160 valence electrons. The van der Waals surface area contributed by atoms with Gasteiger partial charge in [-0.3, -0.25) is 9.36 Å². The zero-order valence-electron chi connectivity index (χ0n) is 17.0. The Hall–Kier alpha value is -3.13. The number of aryl methyl sites for hydroxylation is 1. The normalized spacial score (nSPS) is 20.6. The van der Waals surface area contributed by atoms with Crippen LogP contribution in [0.25, 0.3) is 11.0 Å². The van der Waals surface area contributed by atoms with Crippen molar-refractivity contribution in [2.24, 2.45) is 0 Å². The molecule has 9 heteroatoms. The van der Waals surface area contributed by atoms with Crippen LogP contribution in [0.4, 0.5) is 4.79 Å². The lowest BCUT2D eigenvalue weighted by molar-refractivity contribution is 0.0934. The summed E-state index contributed by atoms with van der Waals surface area (Å²) in [6, 6.07) is 9.12. The van der Waals surface area contributed by atoms with E-state index in [4.69, 9.17) is 21.1 Å². The molecule has 31 heavy (non-hydrogen) atoms. The Balaban J connectivity index is 1.40. The second kappa shape index (κ2) is 7.85. The van der Waals surface area contributed by atoms with Gasteiger partial charge in [0.05, 0.1) is 24.2 Å². The van der Waals surface area contributed by atoms with Crippen molar-refractivity contribution in [1.82, 2.24) is 19.4 Å². The highest BCUT2D eigenvalue weighted by Crippen LogP contribution is 2.27. The lowest BCUT2D eigenvalue weighted by atomic mass is 10.0. The largest absolute Gasteiger partial charge is 0.489 e. The molecule has 2 aliphatic rings. The van der Waals surface area contributed by atoms with E-state index in [-0.39, 0.29) is 23.8 Å². The van der Waals surface area contributed by atoms with Crippen molar-refractivity contribution in [1.29, 1.82) is 0 Å². The minimum atomic E-state index is -0.251. The summed E-state index contributed by atoms with van der Waals surface area (Å²) in [6.07, 6.45) is 2.68. The molecular weight excluding hydrogens is 420 g/mol. The Bertz CT molecular complexity index is 1210. The third-order valence-electron chi connectivity index (χ3n) is 5.83. The van der Waals surface area contributed by atoms with Crippen LogP contribution in [0.2, 0.25) is 5.02 Å². The van der Waals surface area contributed by atoms with Gasteiger partial charge in [-0.25, -0.2) is 14.8 Å². The lowest BCUT2D eigenvalue weighted by Crippen LogP contribution is -2.44. The molecule has 2 atom stereocenters. The van der Waals surface area contributed by atoms with Crippen LogP contribution in [0, 0.1) is 6.92 Å². The predicted molar refractivity (Wildman–Crippen MR) is 115 cm³/mol. The zero-order chi connectivity index (χ0) is 21.5. The molecule has 0 aliphatic carbocycles. The topological polar surface area (TPSA) is 86.6 Å². The number of carbonyl (C=O) groups excluding carboxylic acids is 1. The van der Waals surface area contributed by atoms with Crippen LogP contribution in [0.1, 0.15) is 24.2 Å². The van der Waals surface area contributed by atoms with E-state index in [1.54, 1.807) is 40.8 Å². The standard InChI is InChI=1S/C22H21ClN4O4/c1-13-25-20-19(21(28)27(13)11-14-2-4-15(23)5-3-14)9-18(10-24-20)31-17-6-7-26-16(8-17)12-30-22(26)29/h2-5,9-10,16-17H,6-8,11-12H2,1H3/t16-,17-/m0/s1. The molecule has 1 aromatic carbocycles. The van der Waals surface area contributed by atoms with Crippen molar-refractivity contribution in [3.05, 3.63) is 63.3 Å². The molecule has 5 rings (SSSR count). The molecule has 1 amide bonds. The van der Waals surface area contributed by atoms with E-state index < -0.39 is 0 Å². The maximum Gasteiger partial charge on any atom is 0.410 e. The van der Waals surface area contributed by atoms with Gasteiger partial charge >= 0.3 is 6.09 Å². The van der Waals surface area contributed by atoms with Gasteiger partial charge in [0.1, 0.15) is 24.3 Å². The van der Waals surface area contributed by atoms with Gasteiger partial charge in [0.25, 0.3) is 5.56 Å². The molecular formula is C22H21ClN4O4. The Morgan fingerprint density at radius 3 is 2.87 bits per heavy atom. The number of benzene rings is 1. The maximum atomic E-state index is 13.2. The molecule has 0 spiro atoms. The minimum absolute atomic E-state index is 0.0422. The van der Waals surface area contributed by atoms with E-state index in [0.717, 1.165) is 5.56 Å². The summed E-state index contributed by atoms with van der Waals surface area (Å²) in [6.45, 7) is 3.18. The number of amides is 1. The Labute approximate surface area is 183 Å². The second-order valence-electron chi connectivity index (χ2n) is 7.91. The van der Waals surface area contributed by atoms with Crippen LogP contribution in [0.3, 0.4) is 0 Å². The summed E-state index contributed by atoms with van der Waals surface area (Å²) < 4.78 is 12.8. The number of hydrogen-bond acceptors (Lipinski definition) is 6. The average molecular weight is 441 g/mol. The van der Waals surface area contributed by atoms with Gasteiger partial charge in [-0.1, -0.05) is 23.7 Å². The van der Waals surface area contributed by atoms with Gasteiger partial charge in [0.2, 0.25) is 0 Å². The van der Waals surface area contributed by atoms with Gasteiger partial charge < -0.3 is 14.4 Å². The monoisotopic (exact) mass is 440 g/mol. The number of ether oxygens (including phenoxy) is 2. The fraction of sp³-hybridized carbons (Fsp3) is 0.364. The first-order valence-electron chi connectivity index (χ1n) is 10.2. The average Bonchev–Trinajstić information content (AvgIpc) is 3.13. The summed E-state index contributed by atoms with van der Waals surface area (Å²) in [5.41, 5.74) is 1.18.